The lowest BCUT2D eigenvalue weighted by atomic mass is 10.5. The maximum Gasteiger partial charge on any atom is 0.133 e. The molecule has 9 heavy (non-hydrogen) atoms. The second-order valence-corrected chi connectivity index (χ2v) is 8.52. The third-order valence-corrected chi connectivity index (χ3v) is 4.40. The van der Waals surface area contributed by atoms with Crippen LogP contribution in [0.4, 0.5) is 0 Å². The van der Waals surface area contributed by atoms with Crippen molar-refractivity contribution >= 4 is 38.6 Å². The Labute approximate surface area is 66.9 Å². The second kappa shape index (κ2) is 5.55. The van der Waals surface area contributed by atoms with Crippen molar-refractivity contribution in [1.29, 1.82) is 0 Å². The van der Waals surface area contributed by atoms with Crippen LogP contribution in [0, 0.1) is 0 Å². The molecule has 0 aromatic carbocycles. The fraction of sp³-hybridized carbons (Fsp3) is 1.00. The SMILES string of the molecule is CCCO[SH](=O)=S(=S)=S. The van der Waals surface area contributed by atoms with E-state index < -0.39 is 16.2 Å². The first-order valence-electron chi connectivity index (χ1n) is 2.38. The molecule has 56 valence electrons. The molecule has 0 aliphatic carbocycles. The van der Waals surface area contributed by atoms with E-state index in [-0.39, 0.29) is 0 Å². The van der Waals surface area contributed by atoms with E-state index in [4.69, 9.17) is 4.18 Å². The predicted molar refractivity (Wildman–Crippen MR) is 47.9 cm³/mol. The summed E-state index contributed by atoms with van der Waals surface area (Å²) in [5.41, 5.74) is 0. The zero-order valence-corrected chi connectivity index (χ0v) is 8.25. The summed E-state index contributed by atoms with van der Waals surface area (Å²) in [5.74, 6) is 0. The largest absolute Gasteiger partial charge is 0.292 e. The lowest BCUT2D eigenvalue weighted by Gasteiger charge is -1.88. The summed E-state index contributed by atoms with van der Waals surface area (Å²) in [5, 5.41) is 0. The average molecular weight is 204 g/mol. The maximum absolute atomic E-state index is 10.6. The number of thiol groups is 1. The summed E-state index contributed by atoms with van der Waals surface area (Å²) in [6.07, 6.45) is 0.850. The van der Waals surface area contributed by atoms with Gasteiger partial charge in [0.2, 0.25) is 0 Å². The summed E-state index contributed by atoms with van der Waals surface area (Å²) in [6, 6.07) is 0. The van der Waals surface area contributed by atoms with Gasteiger partial charge >= 0.3 is 0 Å². The number of hydrogen-bond acceptors (Lipinski definition) is 4. The molecule has 0 aromatic heterocycles. The first kappa shape index (κ1) is 9.77. The summed E-state index contributed by atoms with van der Waals surface area (Å²) in [4.78, 5) is 0. The van der Waals surface area contributed by atoms with Crippen LogP contribution >= 0.6 is 0 Å². The van der Waals surface area contributed by atoms with Crippen LogP contribution in [0.3, 0.4) is 0 Å². The Morgan fingerprint density at radius 3 is 2.56 bits per heavy atom. The Morgan fingerprint density at radius 2 is 2.22 bits per heavy atom. The summed E-state index contributed by atoms with van der Waals surface area (Å²) in [7, 11) is -1.74. The Hall–Kier alpha value is 0.770. The second-order valence-electron chi connectivity index (χ2n) is 1.27. The molecule has 0 bridgehead atoms. The Kier molecular flexibility index (Phi) is 6.02. The highest BCUT2D eigenvalue weighted by Gasteiger charge is 1.79. The van der Waals surface area contributed by atoms with Crippen molar-refractivity contribution in [1.82, 2.24) is 0 Å². The van der Waals surface area contributed by atoms with Gasteiger partial charge < -0.3 is 0 Å². The highest BCUT2D eigenvalue weighted by atomic mass is 33.3. The van der Waals surface area contributed by atoms with E-state index in [1.807, 2.05) is 6.92 Å². The molecular formula is C3H8O2S4. The molecule has 0 aromatic rings. The van der Waals surface area contributed by atoms with Crippen LogP contribution in [0.5, 0.6) is 0 Å². The van der Waals surface area contributed by atoms with Gasteiger partial charge in [0.1, 0.15) is 9.64 Å². The van der Waals surface area contributed by atoms with Crippen LogP contribution in [-0.2, 0) is 42.8 Å². The van der Waals surface area contributed by atoms with E-state index >= 15 is 0 Å². The molecule has 6 heteroatoms. The molecule has 0 saturated heterocycles. The van der Waals surface area contributed by atoms with E-state index in [9.17, 15) is 4.21 Å². The third kappa shape index (κ3) is 5.23. The lowest BCUT2D eigenvalue weighted by molar-refractivity contribution is 0.357. The molecule has 0 radical (unpaired) electrons. The topological polar surface area (TPSA) is 26.3 Å². The van der Waals surface area contributed by atoms with Crippen molar-refractivity contribution in [3.05, 3.63) is 0 Å². The summed E-state index contributed by atoms with van der Waals surface area (Å²) >= 11 is 9.10. The lowest BCUT2D eigenvalue weighted by Crippen LogP contribution is -1.88. The molecule has 0 rings (SSSR count). The Balaban J connectivity index is 3.96. The minimum Gasteiger partial charge on any atom is -0.292 e. The monoisotopic (exact) mass is 204 g/mol. The van der Waals surface area contributed by atoms with E-state index in [0.29, 0.717) is 6.61 Å². The summed E-state index contributed by atoms with van der Waals surface area (Å²) in [6.45, 7) is 1.52. The van der Waals surface area contributed by atoms with Gasteiger partial charge in [-0.15, -0.1) is 0 Å². The molecule has 1 unspecified atom stereocenters. The van der Waals surface area contributed by atoms with Crippen molar-refractivity contribution in [3.63, 3.8) is 0 Å². The van der Waals surface area contributed by atoms with Gasteiger partial charge in [-0.2, -0.15) is 0 Å². The van der Waals surface area contributed by atoms with Gasteiger partial charge in [0.15, 0.2) is 0 Å². The van der Waals surface area contributed by atoms with E-state index in [2.05, 4.69) is 22.4 Å². The van der Waals surface area contributed by atoms with Crippen LogP contribution < -0.4 is 0 Å². The fourth-order valence-electron chi connectivity index (χ4n) is 0.209. The fourth-order valence-corrected chi connectivity index (χ4v) is 1.88. The van der Waals surface area contributed by atoms with Crippen LogP contribution in [0.2, 0.25) is 0 Å². The third-order valence-electron chi connectivity index (χ3n) is 0.523. The van der Waals surface area contributed by atoms with Crippen molar-refractivity contribution in [3.8, 4) is 0 Å². The molecule has 0 aliphatic rings. The Morgan fingerprint density at radius 1 is 1.67 bits per heavy atom. The molecule has 0 fully saturated rings. The van der Waals surface area contributed by atoms with Crippen LogP contribution in [-0.4, -0.2) is 10.8 Å². The Bertz CT molecular complexity index is 225. The molecular weight excluding hydrogens is 196 g/mol. The molecule has 2 nitrogen and oxygen atoms in total. The minimum atomic E-state index is -1.74. The van der Waals surface area contributed by atoms with Gasteiger partial charge in [0, 0.05) is 6.57 Å². The standard InChI is InChI=1S/C3H8O2S4/c1-2-3-5-8(4)9(6)7/h8H,2-3H2,1H3. The minimum absolute atomic E-state index is 0.492. The van der Waals surface area contributed by atoms with Gasteiger partial charge in [-0.25, -0.2) is 4.21 Å². The molecule has 0 aliphatic heterocycles. The molecule has 0 N–H and O–H groups in total. The zero-order chi connectivity index (χ0) is 7.28. The van der Waals surface area contributed by atoms with Crippen molar-refractivity contribution in [2.75, 3.05) is 6.61 Å². The highest BCUT2D eigenvalue weighted by molar-refractivity contribution is 8.63. The maximum atomic E-state index is 10.6. The van der Waals surface area contributed by atoms with Gasteiger partial charge in [0.05, 0.1) is 6.61 Å². The number of rotatable bonds is 3. The molecule has 0 amide bonds. The molecule has 0 spiro atoms. The van der Waals surface area contributed by atoms with Gasteiger partial charge in [-0.05, 0) is 28.8 Å². The predicted octanol–water partition coefficient (Wildman–Crippen LogP) is 0.266. The number of hydrogen-bond donors (Lipinski definition) is 1. The van der Waals surface area contributed by atoms with Gasteiger partial charge in [0.25, 0.3) is 0 Å². The quantitative estimate of drug-likeness (QED) is 0.667. The summed E-state index contributed by atoms with van der Waals surface area (Å²) < 4.78 is 15.4. The van der Waals surface area contributed by atoms with Crippen molar-refractivity contribution in [2.45, 2.75) is 13.3 Å². The van der Waals surface area contributed by atoms with Crippen molar-refractivity contribution in [2.24, 2.45) is 0 Å². The van der Waals surface area contributed by atoms with Gasteiger partial charge in [-0.3, -0.25) is 4.18 Å². The van der Waals surface area contributed by atoms with E-state index in [1.165, 1.54) is 0 Å². The van der Waals surface area contributed by atoms with Crippen LogP contribution in [0.25, 0.3) is 0 Å². The highest BCUT2D eigenvalue weighted by Crippen LogP contribution is 1.79. The molecule has 1 atom stereocenters. The van der Waals surface area contributed by atoms with E-state index in [1.54, 1.807) is 0 Å². The average Bonchev–Trinajstić information content (AvgIpc) is 1.82. The first-order chi connectivity index (χ1) is 4.18. The van der Waals surface area contributed by atoms with E-state index in [0.717, 1.165) is 6.42 Å². The van der Waals surface area contributed by atoms with Crippen molar-refractivity contribution < 1.29 is 8.39 Å². The molecule has 0 saturated carbocycles. The van der Waals surface area contributed by atoms with Crippen LogP contribution in [0.1, 0.15) is 13.3 Å². The smallest absolute Gasteiger partial charge is 0.133 e. The zero-order valence-electron chi connectivity index (χ0n) is 4.90. The van der Waals surface area contributed by atoms with Gasteiger partial charge in [-0.1, -0.05) is 6.92 Å². The first-order valence-corrected chi connectivity index (χ1v) is 7.23. The van der Waals surface area contributed by atoms with Crippen LogP contribution in [0.15, 0.2) is 0 Å². The normalized spacial score (nSPS) is 13.0. The molecule has 0 heterocycles.